The summed E-state index contributed by atoms with van der Waals surface area (Å²) in [5.41, 5.74) is -0.523. The molecule has 1 rings (SSSR count). The van der Waals surface area contributed by atoms with E-state index < -0.39 is 5.54 Å². The number of hydrogen-bond donors (Lipinski definition) is 1. The Morgan fingerprint density at radius 2 is 2.22 bits per heavy atom. The summed E-state index contributed by atoms with van der Waals surface area (Å²) < 4.78 is 0. The summed E-state index contributed by atoms with van der Waals surface area (Å²) in [7, 11) is 1.61. The Morgan fingerprint density at radius 3 is 2.72 bits per heavy atom. The number of aromatic nitrogens is 2. The summed E-state index contributed by atoms with van der Waals surface area (Å²) in [6, 6.07) is 0. The number of aliphatic hydroxyl groups excluding tert-OH is 1. The van der Waals surface area contributed by atoms with E-state index >= 15 is 0 Å². The van der Waals surface area contributed by atoms with Crippen LogP contribution in [0.3, 0.4) is 0 Å². The molecule has 1 aromatic heterocycles. The topological polar surface area (TPSA) is 66.3 Å². The van der Waals surface area contributed by atoms with Crippen molar-refractivity contribution in [2.75, 3.05) is 19.9 Å². The van der Waals surface area contributed by atoms with E-state index in [1.54, 1.807) is 20.9 Å². The van der Waals surface area contributed by atoms with Crippen molar-refractivity contribution < 1.29 is 9.90 Å². The Labute approximate surface area is 116 Å². The van der Waals surface area contributed by atoms with Crippen LogP contribution in [0.15, 0.2) is 11.4 Å². The second-order valence-corrected chi connectivity index (χ2v) is 5.57. The first kappa shape index (κ1) is 15.2. The first-order valence-electron chi connectivity index (χ1n) is 5.29. The van der Waals surface area contributed by atoms with Gasteiger partial charge in [0.15, 0.2) is 10.9 Å². The van der Waals surface area contributed by atoms with Gasteiger partial charge in [0.2, 0.25) is 0 Å². The molecule has 0 atom stereocenters. The average molecular weight is 290 g/mol. The van der Waals surface area contributed by atoms with Crippen LogP contribution in [0.2, 0.25) is 5.02 Å². The predicted molar refractivity (Wildman–Crippen MR) is 72.1 cm³/mol. The summed E-state index contributed by atoms with van der Waals surface area (Å²) in [4.78, 5) is 21.8. The predicted octanol–water partition coefficient (Wildman–Crippen LogP) is 1.69. The van der Waals surface area contributed by atoms with Gasteiger partial charge < -0.3 is 10.0 Å². The Bertz CT molecular complexity index is 454. The van der Waals surface area contributed by atoms with Gasteiger partial charge in [-0.3, -0.25) is 4.79 Å². The first-order chi connectivity index (χ1) is 8.33. The number of aliphatic hydroxyl groups is 1. The van der Waals surface area contributed by atoms with Crippen molar-refractivity contribution >= 4 is 29.3 Å². The highest BCUT2D eigenvalue weighted by molar-refractivity contribution is 7.98. The van der Waals surface area contributed by atoms with E-state index in [0.717, 1.165) is 0 Å². The van der Waals surface area contributed by atoms with Crippen molar-refractivity contribution in [2.24, 2.45) is 0 Å². The summed E-state index contributed by atoms with van der Waals surface area (Å²) in [5.74, 6) is -0.336. The fourth-order valence-corrected chi connectivity index (χ4v) is 1.65. The van der Waals surface area contributed by atoms with Crippen LogP contribution in [0, 0.1) is 0 Å². The number of carbonyl (C=O) groups is 1. The molecule has 5 nitrogen and oxygen atoms in total. The molecular weight excluding hydrogens is 274 g/mol. The maximum atomic E-state index is 12.3. The normalized spacial score (nSPS) is 11.4. The number of hydrogen-bond acceptors (Lipinski definition) is 5. The minimum atomic E-state index is -0.676. The summed E-state index contributed by atoms with van der Waals surface area (Å²) in [6.07, 6.45) is 3.23. The molecule has 0 radical (unpaired) electrons. The van der Waals surface area contributed by atoms with E-state index in [-0.39, 0.29) is 23.2 Å². The average Bonchev–Trinajstić information content (AvgIpc) is 2.37. The molecule has 18 heavy (non-hydrogen) atoms. The van der Waals surface area contributed by atoms with Crippen LogP contribution in [0.5, 0.6) is 0 Å². The van der Waals surface area contributed by atoms with Crippen LogP contribution in [-0.2, 0) is 0 Å². The van der Waals surface area contributed by atoms with Gasteiger partial charge in [0, 0.05) is 7.05 Å². The fourth-order valence-electron chi connectivity index (χ4n) is 1.14. The van der Waals surface area contributed by atoms with Crippen LogP contribution in [0.1, 0.15) is 24.3 Å². The van der Waals surface area contributed by atoms with Crippen LogP contribution in [0.25, 0.3) is 0 Å². The summed E-state index contributed by atoms with van der Waals surface area (Å²) >= 11 is 7.27. The Balaban J connectivity index is 3.11. The van der Waals surface area contributed by atoms with E-state index in [0.29, 0.717) is 5.16 Å². The minimum Gasteiger partial charge on any atom is -0.394 e. The molecule has 0 spiro atoms. The van der Waals surface area contributed by atoms with Gasteiger partial charge in [-0.25, -0.2) is 9.97 Å². The largest absolute Gasteiger partial charge is 0.394 e. The lowest BCUT2D eigenvalue weighted by atomic mass is 10.0. The highest BCUT2D eigenvalue weighted by Crippen LogP contribution is 2.21. The molecule has 7 heteroatoms. The first-order valence-corrected chi connectivity index (χ1v) is 6.89. The van der Waals surface area contributed by atoms with Gasteiger partial charge in [-0.2, -0.15) is 0 Å². The molecule has 0 aromatic carbocycles. The van der Waals surface area contributed by atoms with E-state index in [4.69, 9.17) is 11.6 Å². The third kappa shape index (κ3) is 3.13. The van der Waals surface area contributed by atoms with Gasteiger partial charge in [-0.15, -0.1) is 0 Å². The van der Waals surface area contributed by atoms with Crippen LogP contribution < -0.4 is 0 Å². The molecule has 1 aromatic rings. The second kappa shape index (κ2) is 5.86. The number of halogens is 1. The third-order valence-corrected chi connectivity index (χ3v) is 3.55. The Hall–Kier alpha value is -0.850. The van der Waals surface area contributed by atoms with Gasteiger partial charge in [-0.1, -0.05) is 23.4 Å². The quantitative estimate of drug-likeness (QED) is 0.675. The van der Waals surface area contributed by atoms with Gasteiger partial charge in [0.05, 0.1) is 23.4 Å². The zero-order valence-corrected chi connectivity index (χ0v) is 12.3. The zero-order valence-electron chi connectivity index (χ0n) is 10.8. The molecule has 100 valence electrons. The molecule has 0 aliphatic rings. The standard InChI is InChI=1S/C11H16ClN3O2S/c1-11(2,6-16)15(3)9(17)8-7(12)5-13-10(14-8)18-4/h5,16H,6H2,1-4H3. The smallest absolute Gasteiger partial charge is 0.274 e. The zero-order chi connectivity index (χ0) is 13.9. The number of likely N-dealkylation sites (N-methyl/N-ethyl adjacent to an activating group) is 1. The van der Waals surface area contributed by atoms with Crippen molar-refractivity contribution in [3.05, 3.63) is 16.9 Å². The molecule has 0 saturated carbocycles. The highest BCUT2D eigenvalue weighted by Gasteiger charge is 2.29. The minimum absolute atomic E-state index is 0.146. The molecule has 0 bridgehead atoms. The van der Waals surface area contributed by atoms with E-state index in [9.17, 15) is 9.90 Å². The van der Waals surface area contributed by atoms with Crippen molar-refractivity contribution in [3.63, 3.8) is 0 Å². The molecule has 0 saturated heterocycles. The molecule has 1 amide bonds. The van der Waals surface area contributed by atoms with Crippen molar-refractivity contribution in [3.8, 4) is 0 Å². The number of amides is 1. The van der Waals surface area contributed by atoms with E-state index in [1.165, 1.54) is 22.9 Å². The SMILES string of the molecule is CSc1ncc(Cl)c(C(=O)N(C)C(C)(C)CO)n1. The van der Waals surface area contributed by atoms with Crippen molar-refractivity contribution in [1.29, 1.82) is 0 Å². The van der Waals surface area contributed by atoms with Crippen LogP contribution in [0.4, 0.5) is 0 Å². The van der Waals surface area contributed by atoms with Gasteiger partial charge >= 0.3 is 0 Å². The Morgan fingerprint density at radius 1 is 1.61 bits per heavy atom. The lowest BCUT2D eigenvalue weighted by molar-refractivity contribution is 0.0467. The maximum absolute atomic E-state index is 12.3. The highest BCUT2D eigenvalue weighted by atomic mass is 35.5. The van der Waals surface area contributed by atoms with Crippen LogP contribution >= 0.6 is 23.4 Å². The van der Waals surface area contributed by atoms with Crippen molar-refractivity contribution in [1.82, 2.24) is 14.9 Å². The lowest BCUT2D eigenvalue weighted by Crippen LogP contribution is -2.48. The van der Waals surface area contributed by atoms with Crippen molar-refractivity contribution in [2.45, 2.75) is 24.5 Å². The Kier molecular flexibility index (Phi) is 4.95. The molecular formula is C11H16ClN3O2S. The van der Waals surface area contributed by atoms with E-state index in [2.05, 4.69) is 9.97 Å². The second-order valence-electron chi connectivity index (χ2n) is 4.39. The third-order valence-electron chi connectivity index (χ3n) is 2.71. The molecule has 0 fully saturated rings. The maximum Gasteiger partial charge on any atom is 0.274 e. The van der Waals surface area contributed by atoms with Gasteiger partial charge in [-0.05, 0) is 20.1 Å². The molecule has 1 heterocycles. The molecule has 1 N–H and O–H groups in total. The monoisotopic (exact) mass is 289 g/mol. The van der Waals surface area contributed by atoms with Crippen LogP contribution in [-0.4, -0.2) is 51.3 Å². The number of thioether (sulfide) groups is 1. The number of nitrogens with zero attached hydrogens (tertiary/aromatic N) is 3. The summed E-state index contributed by atoms with van der Waals surface area (Å²) in [6.45, 7) is 3.37. The number of rotatable bonds is 4. The van der Waals surface area contributed by atoms with Gasteiger partial charge in [0.1, 0.15) is 0 Å². The van der Waals surface area contributed by atoms with E-state index in [1.807, 2.05) is 6.26 Å². The molecule has 0 aliphatic heterocycles. The lowest BCUT2D eigenvalue weighted by Gasteiger charge is -2.33. The fraction of sp³-hybridized carbons (Fsp3) is 0.545. The number of carbonyl (C=O) groups excluding carboxylic acids is 1. The molecule has 0 aliphatic carbocycles. The summed E-state index contributed by atoms with van der Waals surface area (Å²) in [5, 5.41) is 9.96. The molecule has 0 unspecified atom stereocenters. The van der Waals surface area contributed by atoms with Gasteiger partial charge in [0.25, 0.3) is 5.91 Å².